The predicted octanol–water partition coefficient (Wildman–Crippen LogP) is 5.08. The molecule has 1 spiro atoms. The first-order valence-electron chi connectivity index (χ1n) is 11.4. The van der Waals surface area contributed by atoms with Gasteiger partial charge in [-0.3, -0.25) is 4.79 Å². The average Bonchev–Trinajstić information content (AvgIpc) is 2.80. The molecule has 0 bridgehead atoms. The fourth-order valence-electron chi connectivity index (χ4n) is 5.67. The molecule has 0 aromatic heterocycles. The molecular weight excluding hydrogens is 374 g/mol. The van der Waals surface area contributed by atoms with Crippen molar-refractivity contribution in [3.05, 3.63) is 65.7 Å². The summed E-state index contributed by atoms with van der Waals surface area (Å²) in [6.45, 7) is 1.24. The van der Waals surface area contributed by atoms with Crippen LogP contribution >= 0.6 is 0 Å². The minimum absolute atomic E-state index is 0.0102. The summed E-state index contributed by atoms with van der Waals surface area (Å²) in [6.07, 6.45) is 8.13. The Morgan fingerprint density at radius 1 is 0.867 bits per heavy atom. The van der Waals surface area contributed by atoms with Gasteiger partial charge in [0.1, 0.15) is 11.4 Å². The number of amides is 1. The molecule has 1 N–H and O–H groups in total. The SMILES string of the molecule is O=C(N[C@@H]1CC2(CCCCC2)Oc2ccccc21)C1(c2ccccc2)CCOCC1. The van der Waals surface area contributed by atoms with Gasteiger partial charge in [0.2, 0.25) is 5.91 Å². The molecule has 1 amide bonds. The van der Waals surface area contributed by atoms with E-state index in [0.717, 1.165) is 49.0 Å². The number of fused-ring (bicyclic) bond motifs is 1. The first-order valence-corrected chi connectivity index (χ1v) is 11.4. The maximum atomic E-state index is 13.9. The van der Waals surface area contributed by atoms with Crippen molar-refractivity contribution in [2.75, 3.05) is 13.2 Å². The van der Waals surface area contributed by atoms with Crippen LogP contribution in [0, 0.1) is 0 Å². The number of rotatable bonds is 3. The fraction of sp³-hybridized carbons (Fsp3) is 0.500. The summed E-state index contributed by atoms with van der Waals surface area (Å²) < 4.78 is 12.2. The number of benzene rings is 2. The first kappa shape index (κ1) is 19.6. The summed E-state index contributed by atoms with van der Waals surface area (Å²) in [5.74, 6) is 1.07. The van der Waals surface area contributed by atoms with Crippen molar-refractivity contribution >= 4 is 5.91 Å². The lowest BCUT2D eigenvalue weighted by Gasteiger charge is -2.45. The number of para-hydroxylation sites is 1. The third-order valence-corrected chi connectivity index (χ3v) is 7.37. The standard InChI is InChI=1S/C26H31NO3/c28-24(26(15-17-29-18-16-26)20-9-3-1-4-10-20)27-22-19-25(13-7-2-8-14-25)30-23-12-6-5-11-21(22)23/h1,3-6,9-12,22H,2,7-8,13-19H2,(H,27,28)/t22-/m1/s1. The van der Waals surface area contributed by atoms with Gasteiger partial charge in [0.25, 0.3) is 0 Å². The quantitative estimate of drug-likeness (QED) is 0.775. The molecule has 30 heavy (non-hydrogen) atoms. The third kappa shape index (κ3) is 3.51. The highest BCUT2D eigenvalue weighted by Crippen LogP contribution is 2.46. The van der Waals surface area contributed by atoms with E-state index >= 15 is 0 Å². The molecule has 1 saturated carbocycles. The molecule has 4 heteroatoms. The molecule has 3 aliphatic rings. The van der Waals surface area contributed by atoms with E-state index in [9.17, 15) is 4.79 Å². The zero-order valence-electron chi connectivity index (χ0n) is 17.6. The van der Waals surface area contributed by atoms with Gasteiger partial charge >= 0.3 is 0 Å². The van der Waals surface area contributed by atoms with E-state index < -0.39 is 5.41 Å². The number of hydrogen-bond donors (Lipinski definition) is 1. The van der Waals surface area contributed by atoms with Crippen molar-refractivity contribution in [2.24, 2.45) is 0 Å². The van der Waals surface area contributed by atoms with Gasteiger partial charge in [0, 0.05) is 25.2 Å². The summed E-state index contributed by atoms with van der Waals surface area (Å²) in [6, 6.07) is 18.5. The lowest BCUT2D eigenvalue weighted by Crippen LogP contribution is -2.52. The van der Waals surface area contributed by atoms with Crippen LogP contribution in [0.25, 0.3) is 0 Å². The van der Waals surface area contributed by atoms with Crippen LogP contribution in [0.5, 0.6) is 5.75 Å². The van der Waals surface area contributed by atoms with Crippen LogP contribution in [0.2, 0.25) is 0 Å². The number of ether oxygens (including phenoxy) is 2. The monoisotopic (exact) mass is 405 g/mol. The van der Waals surface area contributed by atoms with Gasteiger partial charge in [-0.25, -0.2) is 0 Å². The highest BCUT2D eigenvalue weighted by Gasteiger charge is 2.46. The first-order chi connectivity index (χ1) is 14.7. The molecule has 2 aromatic rings. The molecule has 1 aliphatic carbocycles. The second-order valence-electron chi connectivity index (χ2n) is 9.17. The Morgan fingerprint density at radius 3 is 2.33 bits per heavy atom. The van der Waals surface area contributed by atoms with Crippen LogP contribution in [-0.2, 0) is 14.9 Å². The highest BCUT2D eigenvalue weighted by atomic mass is 16.5. The Hall–Kier alpha value is -2.33. The van der Waals surface area contributed by atoms with Gasteiger partial charge in [-0.15, -0.1) is 0 Å². The van der Waals surface area contributed by atoms with Gasteiger partial charge in [-0.1, -0.05) is 55.0 Å². The molecule has 1 atom stereocenters. The lowest BCUT2D eigenvalue weighted by molar-refractivity contribution is -0.132. The van der Waals surface area contributed by atoms with E-state index in [4.69, 9.17) is 9.47 Å². The number of carbonyl (C=O) groups excluding carboxylic acids is 1. The normalized spacial score (nSPS) is 24.5. The van der Waals surface area contributed by atoms with Crippen molar-refractivity contribution in [2.45, 2.75) is 68.4 Å². The van der Waals surface area contributed by atoms with Gasteiger partial charge in [-0.2, -0.15) is 0 Å². The van der Waals surface area contributed by atoms with E-state index in [-0.39, 0.29) is 17.6 Å². The van der Waals surface area contributed by atoms with E-state index in [1.165, 1.54) is 19.3 Å². The van der Waals surface area contributed by atoms with E-state index in [1.807, 2.05) is 30.3 Å². The number of nitrogens with one attached hydrogen (secondary N) is 1. The van der Waals surface area contributed by atoms with Crippen molar-refractivity contribution in [3.63, 3.8) is 0 Å². The summed E-state index contributed by atoms with van der Waals surface area (Å²) >= 11 is 0. The lowest BCUT2D eigenvalue weighted by atomic mass is 9.72. The average molecular weight is 406 g/mol. The summed E-state index contributed by atoms with van der Waals surface area (Å²) in [4.78, 5) is 13.9. The Morgan fingerprint density at radius 2 is 1.57 bits per heavy atom. The Balaban J connectivity index is 1.46. The second-order valence-corrected chi connectivity index (χ2v) is 9.17. The zero-order chi connectivity index (χ0) is 20.4. The van der Waals surface area contributed by atoms with E-state index in [2.05, 4.69) is 29.6 Å². The molecule has 2 heterocycles. The van der Waals surface area contributed by atoms with Crippen molar-refractivity contribution < 1.29 is 14.3 Å². The fourth-order valence-corrected chi connectivity index (χ4v) is 5.67. The van der Waals surface area contributed by atoms with E-state index in [1.54, 1.807) is 0 Å². The Kier molecular flexibility index (Phi) is 5.28. The molecule has 4 nitrogen and oxygen atoms in total. The smallest absolute Gasteiger partial charge is 0.231 e. The van der Waals surface area contributed by atoms with Crippen molar-refractivity contribution in [1.82, 2.24) is 5.32 Å². The van der Waals surface area contributed by atoms with Crippen molar-refractivity contribution in [3.8, 4) is 5.75 Å². The molecule has 0 unspecified atom stereocenters. The number of carbonyl (C=O) groups is 1. The van der Waals surface area contributed by atoms with Gasteiger partial charge in [-0.05, 0) is 50.2 Å². The van der Waals surface area contributed by atoms with Gasteiger partial charge in [0.15, 0.2) is 0 Å². The molecule has 2 fully saturated rings. The number of hydrogen-bond acceptors (Lipinski definition) is 3. The van der Waals surface area contributed by atoms with E-state index in [0.29, 0.717) is 13.2 Å². The topological polar surface area (TPSA) is 47.6 Å². The second kappa shape index (κ2) is 8.07. The predicted molar refractivity (Wildman–Crippen MR) is 117 cm³/mol. The van der Waals surface area contributed by atoms with Crippen molar-refractivity contribution in [1.29, 1.82) is 0 Å². The van der Waals surface area contributed by atoms with Gasteiger partial charge in [0.05, 0.1) is 11.5 Å². The molecule has 2 aliphatic heterocycles. The minimum atomic E-state index is -0.521. The highest BCUT2D eigenvalue weighted by molar-refractivity contribution is 5.88. The van der Waals surface area contributed by atoms with Crippen LogP contribution in [0.1, 0.15) is 68.5 Å². The molecule has 1 saturated heterocycles. The Labute approximate surface area is 179 Å². The largest absolute Gasteiger partial charge is 0.487 e. The summed E-state index contributed by atoms with van der Waals surface area (Å²) in [5, 5.41) is 3.48. The van der Waals surface area contributed by atoms with Crippen LogP contribution in [0.4, 0.5) is 0 Å². The summed E-state index contributed by atoms with van der Waals surface area (Å²) in [5.41, 5.74) is 1.54. The Bertz CT molecular complexity index is 882. The van der Waals surface area contributed by atoms with Crippen LogP contribution in [0.15, 0.2) is 54.6 Å². The maximum absolute atomic E-state index is 13.9. The van der Waals surface area contributed by atoms with Crippen LogP contribution in [-0.4, -0.2) is 24.7 Å². The molecule has 0 radical (unpaired) electrons. The molecule has 158 valence electrons. The molecule has 2 aromatic carbocycles. The van der Waals surface area contributed by atoms with Gasteiger partial charge < -0.3 is 14.8 Å². The zero-order valence-corrected chi connectivity index (χ0v) is 17.6. The minimum Gasteiger partial charge on any atom is -0.487 e. The molecular formula is C26H31NO3. The summed E-state index contributed by atoms with van der Waals surface area (Å²) in [7, 11) is 0. The van der Waals surface area contributed by atoms with Crippen LogP contribution < -0.4 is 10.1 Å². The molecule has 5 rings (SSSR count). The third-order valence-electron chi connectivity index (χ3n) is 7.37. The maximum Gasteiger partial charge on any atom is 0.231 e. The van der Waals surface area contributed by atoms with Crippen LogP contribution in [0.3, 0.4) is 0 Å².